The van der Waals surface area contributed by atoms with Crippen molar-refractivity contribution in [1.29, 1.82) is 0 Å². The van der Waals surface area contributed by atoms with Crippen LogP contribution < -0.4 is 5.32 Å². The monoisotopic (exact) mass is 375 g/mol. The van der Waals surface area contributed by atoms with Crippen LogP contribution in [0.5, 0.6) is 0 Å². The van der Waals surface area contributed by atoms with Crippen LogP contribution in [0.1, 0.15) is 28.8 Å². The summed E-state index contributed by atoms with van der Waals surface area (Å²) in [6, 6.07) is 14.9. The van der Waals surface area contributed by atoms with E-state index >= 15 is 0 Å². The second-order valence-corrected chi connectivity index (χ2v) is 8.05. The van der Waals surface area contributed by atoms with E-state index < -0.39 is 27.8 Å². The molecule has 7 heteroatoms. The third-order valence-corrected chi connectivity index (χ3v) is 5.05. The first-order valence-corrected chi connectivity index (χ1v) is 10.0. The van der Waals surface area contributed by atoms with Gasteiger partial charge in [0.25, 0.3) is 5.91 Å². The third kappa shape index (κ3) is 5.70. The Labute approximate surface area is 152 Å². The topological polar surface area (TPSA) is 101 Å². The lowest BCUT2D eigenvalue weighted by Gasteiger charge is -2.19. The fraction of sp³-hybridized carbons (Fsp3) is 0.263. The molecule has 0 saturated carbocycles. The fourth-order valence-corrected chi connectivity index (χ4v) is 3.55. The SMILES string of the molecule is CS(=O)(=O)c1ccccc1C(=O)NC(CCC(=O)O)Cc1ccccc1. The molecular weight excluding hydrogens is 354 g/mol. The first kappa shape index (κ1) is 19.7. The van der Waals surface area contributed by atoms with Gasteiger partial charge in [0.15, 0.2) is 9.84 Å². The molecule has 26 heavy (non-hydrogen) atoms. The Morgan fingerprint density at radius 1 is 1.04 bits per heavy atom. The maximum Gasteiger partial charge on any atom is 0.303 e. The average Bonchev–Trinajstić information content (AvgIpc) is 2.59. The van der Waals surface area contributed by atoms with Crippen molar-refractivity contribution >= 4 is 21.7 Å². The second-order valence-electron chi connectivity index (χ2n) is 6.06. The van der Waals surface area contributed by atoms with Crippen LogP contribution in [0.2, 0.25) is 0 Å². The number of aliphatic carboxylic acids is 1. The number of amides is 1. The first-order valence-electron chi connectivity index (χ1n) is 8.13. The molecule has 0 aliphatic heterocycles. The van der Waals surface area contributed by atoms with Crippen molar-refractivity contribution in [2.75, 3.05) is 6.26 Å². The minimum atomic E-state index is -3.55. The highest BCUT2D eigenvalue weighted by molar-refractivity contribution is 7.90. The predicted octanol–water partition coefficient (Wildman–Crippen LogP) is 2.30. The van der Waals surface area contributed by atoms with Gasteiger partial charge in [-0.3, -0.25) is 9.59 Å². The second kappa shape index (κ2) is 8.62. The summed E-state index contributed by atoms with van der Waals surface area (Å²) < 4.78 is 23.8. The Balaban J connectivity index is 2.22. The van der Waals surface area contributed by atoms with E-state index in [1.165, 1.54) is 12.1 Å². The molecular formula is C19H21NO5S. The molecule has 0 fully saturated rings. The van der Waals surface area contributed by atoms with Crippen LogP contribution in [0.15, 0.2) is 59.5 Å². The lowest BCUT2D eigenvalue weighted by atomic mass is 10.0. The minimum Gasteiger partial charge on any atom is -0.481 e. The lowest BCUT2D eigenvalue weighted by molar-refractivity contribution is -0.137. The minimum absolute atomic E-state index is 0.0470. The number of carboxylic acid groups (broad SMARTS) is 1. The van der Waals surface area contributed by atoms with Crippen LogP contribution in [0.4, 0.5) is 0 Å². The summed E-state index contributed by atoms with van der Waals surface area (Å²) in [5, 5.41) is 11.7. The molecule has 0 bridgehead atoms. The zero-order chi connectivity index (χ0) is 19.2. The highest BCUT2D eigenvalue weighted by Crippen LogP contribution is 2.16. The number of carbonyl (C=O) groups is 2. The maximum atomic E-state index is 12.6. The summed E-state index contributed by atoms with van der Waals surface area (Å²) in [6.45, 7) is 0. The van der Waals surface area contributed by atoms with E-state index in [4.69, 9.17) is 5.11 Å². The number of carbonyl (C=O) groups excluding carboxylic acids is 1. The molecule has 0 saturated heterocycles. The van der Waals surface area contributed by atoms with Gasteiger partial charge in [0.05, 0.1) is 10.5 Å². The molecule has 2 N–H and O–H groups in total. The van der Waals surface area contributed by atoms with Gasteiger partial charge in [0, 0.05) is 18.7 Å². The number of sulfone groups is 1. The molecule has 6 nitrogen and oxygen atoms in total. The van der Waals surface area contributed by atoms with Crippen molar-refractivity contribution in [3.05, 3.63) is 65.7 Å². The van der Waals surface area contributed by atoms with Gasteiger partial charge >= 0.3 is 5.97 Å². The standard InChI is InChI=1S/C19H21NO5S/c1-26(24,25)17-10-6-5-9-16(17)19(23)20-15(11-12-18(21)22)13-14-7-3-2-4-8-14/h2-10,15H,11-13H2,1H3,(H,20,23)(H,21,22). The van der Waals surface area contributed by atoms with E-state index in [1.54, 1.807) is 12.1 Å². The highest BCUT2D eigenvalue weighted by atomic mass is 32.2. The van der Waals surface area contributed by atoms with Gasteiger partial charge in [-0.1, -0.05) is 42.5 Å². The van der Waals surface area contributed by atoms with Crippen molar-refractivity contribution in [1.82, 2.24) is 5.32 Å². The maximum absolute atomic E-state index is 12.6. The molecule has 0 aromatic heterocycles. The van der Waals surface area contributed by atoms with E-state index in [0.29, 0.717) is 6.42 Å². The number of benzene rings is 2. The summed E-state index contributed by atoms with van der Waals surface area (Å²) in [7, 11) is -3.55. The molecule has 0 aliphatic rings. The van der Waals surface area contributed by atoms with Gasteiger partial charge in [-0.15, -0.1) is 0 Å². The molecule has 1 unspecified atom stereocenters. The highest BCUT2D eigenvalue weighted by Gasteiger charge is 2.21. The van der Waals surface area contributed by atoms with Gasteiger partial charge in [0.2, 0.25) is 0 Å². The van der Waals surface area contributed by atoms with Crippen LogP contribution in [0, 0.1) is 0 Å². The van der Waals surface area contributed by atoms with Gasteiger partial charge in [-0.25, -0.2) is 8.42 Å². The smallest absolute Gasteiger partial charge is 0.303 e. The molecule has 2 aromatic carbocycles. The number of hydrogen-bond acceptors (Lipinski definition) is 4. The molecule has 2 aromatic rings. The zero-order valence-corrected chi connectivity index (χ0v) is 15.2. The predicted molar refractivity (Wildman–Crippen MR) is 97.8 cm³/mol. The Kier molecular flexibility index (Phi) is 6.52. The van der Waals surface area contributed by atoms with Crippen molar-refractivity contribution in [2.24, 2.45) is 0 Å². The van der Waals surface area contributed by atoms with E-state index in [9.17, 15) is 18.0 Å². The zero-order valence-electron chi connectivity index (χ0n) is 14.4. The van der Waals surface area contributed by atoms with Crippen molar-refractivity contribution in [3.8, 4) is 0 Å². The van der Waals surface area contributed by atoms with Crippen LogP contribution in [0.25, 0.3) is 0 Å². The fourth-order valence-electron chi connectivity index (χ4n) is 2.66. The summed E-state index contributed by atoms with van der Waals surface area (Å²) in [6.07, 6.45) is 1.66. The van der Waals surface area contributed by atoms with Crippen LogP contribution in [-0.4, -0.2) is 37.7 Å². The number of nitrogens with one attached hydrogen (secondary N) is 1. The Morgan fingerprint density at radius 3 is 2.27 bits per heavy atom. The average molecular weight is 375 g/mol. The summed E-state index contributed by atoms with van der Waals surface area (Å²) >= 11 is 0. The van der Waals surface area contributed by atoms with Crippen molar-refractivity contribution in [3.63, 3.8) is 0 Å². The van der Waals surface area contributed by atoms with Crippen molar-refractivity contribution in [2.45, 2.75) is 30.2 Å². The van der Waals surface area contributed by atoms with E-state index in [-0.39, 0.29) is 23.3 Å². The molecule has 0 aliphatic carbocycles. The molecule has 0 radical (unpaired) electrons. The molecule has 1 atom stereocenters. The van der Waals surface area contributed by atoms with E-state index in [0.717, 1.165) is 11.8 Å². The Morgan fingerprint density at radius 2 is 1.65 bits per heavy atom. The number of rotatable bonds is 8. The van der Waals surface area contributed by atoms with Gasteiger partial charge < -0.3 is 10.4 Å². The summed E-state index contributed by atoms with van der Waals surface area (Å²) in [4.78, 5) is 23.5. The van der Waals surface area contributed by atoms with Crippen LogP contribution >= 0.6 is 0 Å². The van der Waals surface area contributed by atoms with Crippen LogP contribution in [-0.2, 0) is 21.1 Å². The van der Waals surface area contributed by atoms with Gasteiger partial charge in [-0.05, 0) is 30.5 Å². The molecule has 2 rings (SSSR count). The number of hydrogen-bond donors (Lipinski definition) is 2. The van der Waals surface area contributed by atoms with Gasteiger partial charge in [0.1, 0.15) is 0 Å². The van der Waals surface area contributed by atoms with Gasteiger partial charge in [-0.2, -0.15) is 0 Å². The summed E-state index contributed by atoms with van der Waals surface area (Å²) in [5.41, 5.74) is 1.02. The molecule has 138 valence electrons. The first-order chi connectivity index (χ1) is 12.3. The van der Waals surface area contributed by atoms with E-state index in [2.05, 4.69) is 5.32 Å². The summed E-state index contributed by atoms with van der Waals surface area (Å²) in [5.74, 6) is -1.48. The van der Waals surface area contributed by atoms with Crippen LogP contribution in [0.3, 0.4) is 0 Å². The molecule has 0 spiro atoms. The molecule has 1 amide bonds. The third-order valence-electron chi connectivity index (χ3n) is 3.90. The van der Waals surface area contributed by atoms with E-state index in [1.807, 2.05) is 30.3 Å². The number of carboxylic acids is 1. The lowest BCUT2D eigenvalue weighted by Crippen LogP contribution is -2.37. The largest absolute Gasteiger partial charge is 0.481 e. The Hall–Kier alpha value is -2.67. The Bertz CT molecular complexity index is 878. The molecule has 0 heterocycles. The normalized spacial score (nSPS) is 12.3. The quantitative estimate of drug-likeness (QED) is 0.737. The van der Waals surface area contributed by atoms with Crippen molar-refractivity contribution < 1.29 is 23.1 Å².